The van der Waals surface area contributed by atoms with Crippen LogP contribution < -0.4 is 5.32 Å². The van der Waals surface area contributed by atoms with Crippen molar-refractivity contribution >= 4 is 11.6 Å². The first kappa shape index (κ1) is 13.6. The molecule has 2 nitrogen and oxygen atoms in total. The molecule has 0 amide bonds. The van der Waals surface area contributed by atoms with Gasteiger partial charge in [0, 0.05) is 35.9 Å². The van der Waals surface area contributed by atoms with Crippen molar-refractivity contribution in [3.63, 3.8) is 0 Å². The summed E-state index contributed by atoms with van der Waals surface area (Å²) in [5, 5.41) is 4.49. The van der Waals surface area contributed by atoms with Gasteiger partial charge in [0.25, 0.3) is 0 Å². The first-order valence-corrected chi connectivity index (χ1v) is 7.59. The van der Waals surface area contributed by atoms with Gasteiger partial charge < -0.3 is 5.32 Å². The lowest BCUT2D eigenvalue weighted by Crippen LogP contribution is -2.25. The van der Waals surface area contributed by atoms with Crippen molar-refractivity contribution in [3.8, 4) is 0 Å². The van der Waals surface area contributed by atoms with Crippen molar-refractivity contribution < 1.29 is 0 Å². The number of nitrogens with zero attached hydrogens (tertiary/aromatic N) is 1. The molecule has 104 valence electrons. The highest BCUT2D eigenvalue weighted by molar-refractivity contribution is 6.30. The topological polar surface area (TPSA) is 24.9 Å². The molecule has 1 atom stereocenters. The van der Waals surface area contributed by atoms with E-state index in [2.05, 4.69) is 28.5 Å². The lowest BCUT2D eigenvalue weighted by atomic mass is 10.0. The summed E-state index contributed by atoms with van der Waals surface area (Å²) >= 11 is 5.97. The SMILES string of the molecule is Clc1ccc(C(NCCc2ccccn2)C2CC2)cc1. The summed E-state index contributed by atoms with van der Waals surface area (Å²) in [7, 11) is 0. The molecule has 0 bridgehead atoms. The molecular weight excluding hydrogens is 268 g/mol. The minimum atomic E-state index is 0.455. The van der Waals surface area contributed by atoms with E-state index < -0.39 is 0 Å². The second-order valence-corrected chi connectivity index (χ2v) is 5.83. The predicted octanol–water partition coefficient (Wildman–Crippen LogP) is 4.02. The Morgan fingerprint density at radius 3 is 2.60 bits per heavy atom. The number of rotatable bonds is 6. The zero-order valence-corrected chi connectivity index (χ0v) is 12.2. The summed E-state index contributed by atoms with van der Waals surface area (Å²) in [5.74, 6) is 0.778. The summed E-state index contributed by atoms with van der Waals surface area (Å²) < 4.78 is 0. The molecule has 1 N–H and O–H groups in total. The first-order chi connectivity index (χ1) is 9.83. The van der Waals surface area contributed by atoms with Gasteiger partial charge in [-0.1, -0.05) is 29.8 Å². The first-order valence-electron chi connectivity index (χ1n) is 7.22. The van der Waals surface area contributed by atoms with E-state index in [0.29, 0.717) is 6.04 Å². The fraction of sp³-hybridized carbons (Fsp3) is 0.353. The molecule has 1 heterocycles. The van der Waals surface area contributed by atoms with E-state index in [0.717, 1.165) is 29.6 Å². The molecule has 2 aromatic rings. The molecule has 1 aromatic heterocycles. The molecule has 0 radical (unpaired) electrons. The average molecular weight is 287 g/mol. The molecule has 1 aliphatic rings. The Morgan fingerprint density at radius 1 is 1.15 bits per heavy atom. The van der Waals surface area contributed by atoms with Gasteiger partial charge in [-0.2, -0.15) is 0 Å². The van der Waals surface area contributed by atoms with Crippen molar-refractivity contribution in [2.45, 2.75) is 25.3 Å². The fourth-order valence-electron chi connectivity index (χ4n) is 2.56. The molecule has 1 aromatic carbocycles. The highest BCUT2D eigenvalue weighted by atomic mass is 35.5. The van der Waals surface area contributed by atoms with Crippen LogP contribution in [0.2, 0.25) is 5.02 Å². The van der Waals surface area contributed by atoms with Gasteiger partial charge in [0.2, 0.25) is 0 Å². The molecule has 1 unspecified atom stereocenters. The van der Waals surface area contributed by atoms with Gasteiger partial charge in [-0.15, -0.1) is 0 Å². The Bertz CT molecular complexity index is 535. The van der Waals surface area contributed by atoms with E-state index in [9.17, 15) is 0 Å². The lowest BCUT2D eigenvalue weighted by Gasteiger charge is -2.19. The van der Waals surface area contributed by atoms with Crippen molar-refractivity contribution in [1.29, 1.82) is 0 Å². The Morgan fingerprint density at radius 2 is 1.95 bits per heavy atom. The normalized spacial score (nSPS) is 16.1. The van der Waals surface area contributed by atoms with Gasteiger partial charge in [0.15, 0.2) is 0 Å². The van der Waals surface area contributed by atoms with Gasteiger partial charge >= 0.3 is 0 Å². The summed E-state index contributed by atoms with van der Waals surface area (Å²) in [5.41, 5.74) is 2.49. The van der Waals surface area contributed by atoms with Crippen LogP contribution >= 0.6 is 11.6 Å². The lowest BCUT2D eigenvalue weighted by molar-refractivity contribution is 0.483. The maximum absolute atomic E-state index is 5.97. The third-order valence-electron chi connectivity index (χ3n) is 3.79. The Kier molecular flexibility index (Phi) is 4.34. The second kappa shape index (κ2) is 6.38. The monoisotopic (exact) mass is 286 g/mol. The van der Waals surface area contributed by atoms with E-state index in [4.69, 9.17) is 11.6 Å². The molecule has 1 saturated carbocycles. The van der Waals surface area contributed by atoms with Crippen LogP contribution in [0.5, 0.6) is 0 Å². The van der Waals surface area contributed by atoms with Crippen LogP contribution in [0.1, 0.15) is 30.1 Å². The highest BCUT2D eigenvalue weighted by Crippen LogP contribution is 2.41. The number of aromatic nitrogens is 1. The quantitative estimate of drug-likeness (QED) is 0.867. The van der Waals surface area contributed by atoms with Crippen molar-refractivity contribution in [2.75, 3.05) is 6.54 Å². The maximum Gasteiger partial charge on any atom is 0.0416 e. The largest absolute Gasteiger partial charge is 0.309 e. The number of halogens is 1. The number of nitrogens with one attached hydrogen (secondary N) is 1. The van der Waals surface area contributed by atoms with Gasteiger partial charge in [-0.3, -0.25) is 4.98 Å². The van der Waals surface area contributed by atoms with Gasteiger partial charge in [0.1, 0.15) is 0 Å². The number of hydrogen-bond acceptors (Lipinski definition) is 2. The van der Waals surface area contributed by atoms with E-state index >= 15 is 0 Å². The van der Waals surface area contributed by atoms with Crippen LogP contribution in [-0.2, 0) is 6.42 Å². The highest BCUT2D eigenvalue weighted by Gasteiger charge is 2.31. The van der Waals surface area contributed by atoms with Crippen LogP contribution in [0.4, 0.5) is 0 Å². The summed E-state index contributed by atoms with van der Waals surface area (Å²) in [6, 6.07) is 14.8. The Balaban J connectivity index is 1.59. The standard InChI is InChI=1S/C17H19ClN2/c18-15-8-6-14(7-9-15)17(13-4-5-13)20-12-10-16-3-1-2-11-19-16/h1-3,6-9,11,13,17,20H,4-5,10,12H2. The second-order valence-electron chi connectivity index (χ2n) is 5.39. The number of hydrogen-bond donors (Lipinski definition) is 1. The van der Waals surface area contributed by atoms with Gasteiger partial charge in [-0.25, -0.2) is 0 Å². The average Bonchev–Trinajstić information content (AvgIpc) is 3.31. The summed E-state index contributed by atoms with van der Waals surface area (Å²) in [4.78, 5) is 4.36. The van der Waals surface area contributed by atoms with E-state index in [1.807, 2.05) is 30.5 Å². The van der Waals surface area contributed by atoms with Crippen LogP contribution in [0.25, 0.3) is 0 Å². The third kappa shape index (κ3) is 3.59. The van der Waals surface area contributed by atoms with Crippen LogP contribution in [0, 0.1) is 5.92 Å². The van der Waals surface area contributed by atoms with Crippen LogP contribution in [0.3, 0.4) is 0 Å². The molecule has 1 aliphatic carbocycles. The van der Waals surface area contributed by atoms with Gasteiger partial charge in [0.05, 0.1) is 0 Å². The Hall–Kier alpha value is -1.38. The fourth-order valence-corrected chi connectivity index (χ4v) is 2.68. The summed E-state index contributed by atoms with van der Waals surface area (Å²) in [6.45, 7) is 0.959. The minimum absolute atomic E-state index is 0.455. The van der Waals surface area contributed by atoms with Crippen LogP contribution in [0.15, 0.2) is 48.7 Å². The third-order valence-corrected chi connectivity index (χ3v) is 4.05. The van der Waals surface area contributed by atoms with E-state index in [1.54, 1.807) is 0 Å². The predicted molar refractivity (Wildman–Crippen MR) is 82.9 cm³/mol. The number of pyridine rings is 1. The van der Waals surface area contributed by atoms with Crippen molar-refractivity contribution in [3.05, 3.63) is 64.9 Å². The molecule has 0 saturated heterocycles. The smallest absolute Gasteiger partial charge is 0.0416 e. The zero-order chi connectivity index (χ0) is 13.8. The summed E-state index contributed by atoms with van der Waals surface area (Å²) in [6.07, 6.45) is 5.47. The van der Waals surface area contributed by atoms with E-state index in [1.165, 1.54) is 18.4 Å². The van der Waals surface area contributed by atoms with E-state index in [-0.39, 0.29) is 0 Å². The minimum Gasteiger partial charge on any atom is -0.309 e. The zero-order valence-electron chi connectivity index (χ0n) is 11.4. The molecule has 0 spiro atoms. The number of benzene rings is 1. The van der Waals surface area contributed by atoms with Crippen molar-refractivity contribution in [2.24, 2.45) is 5.92 Å². The molecule has 1 fully saturated rings. The maximum atomic E-state index is 5.97. The van der Waals surface area contributed by atoms with Crippen molar-refractivity contribution in [1.82, 2.24) is 10.3 Å². The molecule has 3 rings (SSSR count). The van der Waals surface area contributed by atoms with Gasteiger partial charge in [-0.05, 0) is 48.6 Å². The molecular formula is C17H19ClN2. The van der Waals surface area contributed by atoms with Crippen LogP contribution in [-0.4, -0.2) is 11.5 Å². The Labute approximate surface area is 125 Å². The molecule has 20 heavy (non-hydrogen) atoms. The molecule has 0 aliphatic heterocycles. The molecule has 3 heteroatoms.